The molecule has 0 amide bonds. The zero-order valence-electron chi connectivity index (χ0n) is 38.3. The second-order valence-electron chi connectivity index (χ2n) is 16.3. The van der Waals surface area contributed by atoms with Crippen molar-refractivity contribution < 1.29 is 28.6 Å². The highest BCUT2D eigenvalue weighted by Gasteiger charge is 2.19. The molecule has 6 heteroatoms. The third-order valence-electron chi connectivity index (χ3n) is 10.5. The quantitative estimate of drug-likeness (QED) is 0.0264. The van der Waals surface area contributed by atoms with Crippen LogP contribution in [-0.2, 0) is 28.6 Å². The normalized spacial score (nSPS) is 12.4. The summed E-state index contributed by atoms with van der Waals surface area (Å²) < 4.78 is 16.7. The number of carbonyl (C=O) groups excluding carboxylic acids is 3. The summed E-state index contributed by atoms with van der Waals surface area (Å²) in [6, 6.07) is 0. The minimum Gasteiger partial charge on any atom is -0.462 e. The van der Waals surface area contributed by atoms with Crippen LogP contribution in [0.15, 0.2) is 48.6 Å². The van der Waals surface area contributed by atoms with Gasteiger partial charge in [0.25, 0.3) is 0 Å². The van der Waals surface area contributed by atoms with Crippen molar-refractivity contribution >= 4 is 17.9 Å². The first kappa shape index (κ1) is 55.4. The van der Waals surface area contributed by atoms with E-state index in [9.17, 15) is 14.4 Å². The molecule has 0 fully saturated rings. The van der Waals surface area contributed by atoms with E-state index in [-0.39, 0.29) is 31.1 Å². The van der Waals surface area contributed by atoms with Crippen molar-refractivity contribution in [3.63, 3.8) is 0 Å². The number of carbonyl (C=O) groups is 3. The number of esters is 3. The fraction of sp³-hybridized carbons (Fsp3) is 0.788. The molecule has 0 aliphatic rings. The summed E-state index contributed by atoms with van der Waals surface area (Å²) >= 11 is 0. The van der Waals surface area contributed by atoms with Crippen molar-refractivity contribution in [2.45, 2.75) is 252 Å². The molecule has 0 N–H and O–H groups in total. The number of hydrogen-bond acceptors (Lipinski definition) is 6. The Balaban J connectivity index is 4.34. The van der Waals surface area contributed by atoms with E-state index in [1.54, 1.807) is 0 Å². The van der Waals surface area contributed by atoms with Crippen LogP contribution in [0.5, 0.6) is 0 Å². The Kier molecular flexibility index (Phi) is 44.9. The molecule has 0 rings (SSSR count). The standard InChI is InChI=1S/C52H92O6/c1-4-7-10-13-16-19-22-24-25-26-27-29-30-33-36-39-42-45-51(54)57-48-49(47-56-50(53)44-41-38-35-32-21-18-15-12-9-6-3)58-52(55)46-43-40-37-34-31-28-23-20-17-14-11-8-5-2/h7,10,12,15-16,19,24-25,49H,4-6,8-9,11,13-14,17-18,20-23,26-48H2,1-3H3/b10-7-,15-12-,19-16-,25-24-. The fourth-order valence-corrected chi connectivity index (χ4v) is 6.87. The van der Waals surface area contributed by atoms with Crippen molar-refractivity contribution in [2.75, 3.05) is 13.2 Å². The van der Waals surface area contributed by atoms with Gasteiger partial charge in [0.05, 0.1) is 0 Å². The van der Waals surface area contributed by atoms with Crippen molar-refractivity contribution in [3.8, 4) is 0 Å². The first-order chi connectivity index (χ1) is 28.5. The second kappa shape index (κ2) is 47.1. The summed E-state index contributed by atoms with van der Waals surface area (Å²) in [7, 11) is 0. The highest BCUT2D eigenvalue weighted by atomic mass is 16.6. The van der Waals surface area contributed by atoms with E-state index >= 15 is 0 Å². The molecule has 0 radical (unpaired) electrons. The Morgan fingerprint density at radius 2 is 0.707 bits per heavy atom. The number of rotatable bonds is 44. The summed E-state index contributed by atoms with van der Waals surface area (Å²) in [5.74, 6) is -0.894. The average molecular weight is 813 g/mol. The number of ether oxygens (including phenoxy) is 3. The highest BCUT2D eigenvalue weighted by Crippen LogP contribution is 2.15. The molecule has 0 saturated carbocycles. The first-order valence-corrected chi connectivity index (χ1v) is 24.6. The molecular weight excluding hydrogens is 721 g/mol. The van der Waals surface area contributed by atoms with E-state index in [2.05, 4.69) is 69.4 Å². The minimum atomic E-state index is -0.776. The molecule has 0 heterocycles. The molecule has 58 heavy (non-hydrogen) atoms. The van der Waals surface area contributed by atoms with Gasteiger partial charge in [-0.2, -0.15) is 0 Å². The van der Waals surface area contributed by atoms with E-state index in [4.69, 9.17) is 14.2 Å². The van der Waals surface area contributed by atoms with Crippen molar-refractivity contribution in [1.29, 1.82) is 0 Å². The van der Waals surface area contributed by atoms with Gasteiger partial charge in [-0.1, -0.05) is 204 Å². The Bertz CT molecular complexity index is 1030. The van der Waals surface area contributed by atoms with Gasteiger partial charge in [0.2, 0.25) is 0 Å². The summed E-state index contributed by atoms with van der Waals surface area (Å²) in [4.78, 5) is 37.8. The largest absolute Gasteiger partial charge is 0.462 e. The summed E-state index contributed by atoms with van der Waals surface area (Å²) in [6.07, 6.45) is 55.2. The van der Waals surface area contributed by atoms with Crippen LogP contribution in [0, 0.1) is 0 Å². The lowest BCUT2D eigenvalue weighted by Crippen LogP contribution is -2.30. The van der Waals surface area contributed by atoms with Crippen molar-refractivity contribution in [3.05, 3.63) is 48.6 Å². The van der Waals surface area contributed by atoms with E-state index in [1.807, 2.05) is 0 Å². The maximum Gasteiger partial charge on any atom is 0.306 e. The highest BCUT2D eigenvalue weighted by molar-refractivity contribution is 5.71. The Labute approximate surface area is 358 Å². The lowest BCUT2D eigenvalue weighted by molar-refractivity contribution is -0.167. The maximum atomic E-state index is 12.7. The van der Waals surface area contributed by atoms with Gasteiger partial charge in [-0.25, -0.2) is 0 Å². The molecule has 0 spiro atoms. The third-order valence-corrected chi connectivity index (χ3v) is 10.5. The molecule has 0 bridgehead atoms. The van der Waals surface area contributed by atoms with Crippen LogP contribution in [0.4, 0.5) is 0 Å². The number of allylic oxidation sites excluding steroid dienone is 8. The zero-order chi connectivity index (χ0) is 42.3. The molecule has 0 aromatic heterocycles. The van der Waals surface area contributed by atoms with Crippen LogP contribution >= 0.6 is 0 Å². The summed E-state index contributed by atoms with van der Waals surface area (Å²) in [5.41, 5.74) is 0. The van der Waals surface area contributed by atoms with Gasteiger partial charge < -0.3 is 14.2 Å². The fourth-order valence-electron chi connectivity index (χ4n) is 6.87. The molecule has 0 aromatic carbocycles. The molecule has 0 aliphatic heterocycles. The Hall–Kier alpha value is -2.63. The van der Waals surface area contributed by atoms with Gasteiger partial charge >= 0.3 is 17.9 Å². The summed E-state index contributed by atoms with van der Waals surface area (Å²) in [5, 5.41) is 0. The van der Waals surface area contributed by atoms with Gasteiger partial charge in [0.1, 0.15) is 13.2 Å². The van der Waals surface area contributed by atoms with Crippen LogP contribution in [0.1, 0.15) is 245 Å². The van der Waals surface area contributed by atoms with Gasteiger partial charge in [0, 0.05) is 19.3 Å². The van der Waals surface area contributed by atoms with Crippen LogP contribution in [0.3, 0.4) is 0 Å². The Morgan fingerprint density at radius 1 is 0.362 bits per heavy atom. The zero-order valence-corrected chi connectivity index (χ0v) is 38.3. The lowest BCUT2D eigenvalue weighted by Gasteiger charge is -2.18. The van der Waals surface area contributed by atoms with Crippen LogP contribution in [0.2, 0.25) is 0 Å². The maximum absolute atomic E-state index is 12.7. The molecular formula is C52H92O6. The van der Waals surface area contributed by atoms with Crippen LogP contribution in [0.25, 0.3) is 0 Å². The number of hydrogen-bond donors (Lipinski definition) is 0. The van der Waals surface area contributed by atoms with Crippen molar-refractivity contribution in [1.82, 2.24) is 0 Å². The van der Waals surface area contributed by atoms with Gasteiger partial charge in [-0.3, -0.25) is 14.4 Å². The smallest absolute Gasteiger partial charge is 0.306 e. The summed E-state index contributed by atoms with van der Waals surface area (Å²) in [6.45, 7) is 6.45. The molecule has 0 saturated heterocycles. The van der Waals surface area contributed by atoms with E-state index < -0.39 is 6.10 Å². The van der Waals surface area contributed by atoms with Gasteiger partial charge in [0.15, 0.2) is 6.10 Å². The van der Waals surface area contributed by atoms with Gasteiger partial charge in [-0.05, 0) is 70.6 Å². The number of unbranched alkanes of at least 4 members (excludes halogenated alkanes) is 25. The minimum absolute atomic E-state index is 0.0790. The van der Waals surface area contributed by atoms with Crippen LogP contribution in [-0.4, -0.2) is 37.2 Å². The predicted molar refractivity (Wildman–Crippen MR) is 247 cm³/mol. The van der Waals surface area contributed by atoms with Gasteiger partial charge in [-0.15, -0.1) is 0 Å². The van der Waals surface area contributed by atoms with E-state index in [0.29, 0.717) is 19.3 Å². The topological polar surface area (TPSA) is 78.9 Å². The molecule has 336 valence electrons. The first-order valence-electron chi connectivity index (χ1n) is 24.6. The SMILES string of the molecule is CC/C=C\C/C=C\C/C=C\CCCCCCCCCC(=O)OCC(COC(=O)CCCCCCC/C=C\CCC)OC(=O)CCCCCCCCCCCCCCC. The van der Waals surface area contributed by atoms with E-state index in [1.165, 1.54) is 109 Å². The lowest BCUT2D eigenvalue weighted by atomic mass is 10.0. The van der Waals surface area contributed by atoms with Crippen molar-refractivity contribution in [2.24, 2.45) is 0 Å². The van der Waals surface area contributed by atoms with E-state index in [0.717, 1.165) is 96.3 Å². The molecule has 0 aromatic rings. The third kappa shape index (κ3) is 44.5. The molecule has 1 unspecified atom stereocenters. The Morgan fingerprint density at radius 3 is 1.14 bits per heavy atom. The predicted octanol–water partition coefficient (Wildman–Crippen LogP) is 15.9. The second-order valence-corrected chi connectivity index (χ2v) is 16.3. The molecule has 1 atom stereocenters. The average Bonchev–Trinajstić information content (AvgIpc) is 3.22. The molecule has 0 aliphatic carbocycles. The molecule has 6 nitrogen and oxygen atoms in total. The monoisotopic (exact) mass is 813 g/mol. The van der Waals surface area contributed by atoms with Crippen LogP contribution < -0.4 is 0 Å².